The number of rotatable bonds is 1. The molecule has 0 bridgehead atoms. The van der Waals surface area contributed by atoms with Crippen LogP contribution in [-0.2, 0) is 0 Å². The van der Waals surface area contributed by atoms with E-state index in [1.807, 2.05) is 59.5 Å². The zero-order valence-electron chi connectivity index (χ0n) is 15.7. The highest BCUT2D eigenvalue weighted by Crippen LogP contribution is 2.34. The molecule has 2 aliphatic rings. The summed E-state index contributed by atoms with van der Waals surface area (Å²) < 4.78 is 0. The molecule has 1 spiro atoms. The van der Waals surface area contributed by atoms with Crippen LogP contribution in [0.25, 0.3) is 10.8 Å². The van der Waals surface area contributed by atoms with Gasteiger partial charge in [0.25, 0.3) is 11.8 Å². The molecule has 0 radical (unpaired) electrons. The number of likely N-dealkylation sites (tertiary alicyclic amines) is 1. The molecular weight excluding hydrogens is 386 g/mol. The van der Waals surface area contributed by atoms with Crippen LogP contribution < -0.4 is 10.6 Å². The number of carbonyl (C=O) groups is 2. The van der Waals surface area contributed by atoms with Crippen LogP contribution in [0.4, 0.5) is 5.69 Å². The molecule has 0 atom stereocenters. The maximum absolute atomic E-state index is 13.0. The van der Waals surface area contributed by atoms with E-state index in [9.17, 15) is 9.59 Å². The molecule has 0 saturated carbocycles. The summed E-state index contributed by atoms with van der Waals surface area (Å²) in [6.45, 7) is 1.13. The number of hydrogen-bond donors (Lipinski definition) is 2. The van der Waals surface area contributed by atoms with Crippen LogP contribution in [0.5, 0.6) is 0 Å². The van der Waals surface area contributed by atoms with Crippen molar-refractivity contribution in [2.75, 3.05) is 18.4 Å². The van der Waals surface area contributed by atoms with Gasteiger partial charge in [-0.15, -0.1) is 0 Å². The van der Waals surface area contributed by atoms with E-state index in [2.05, 4.69) is 10.6 Å². The highest BCUT2D eigenvalue weighted by Gasteiger charge is 2.41. The molecule has 2 N–H and O–H groups in total. The third kappa shape index (κ3) is 3.12. The molecule has 2 heterocycles. The van der Waals surface area contributed by atoms with Crippen LogP contribution in [0, 0.1) is 0 Å². The van der Waals surface area contributed by atoms with E-state index in [0.717, 1.165) is 16.5 Å². The third-order valence-corrected chi connectivity index (χ3v) is 6.18. The van der Waals surface area contributed by atoms with Gasteiger partial charge in [0.1, 0.15) is 5.66 Å². The Hall–Kier alpha value is -3.05. The molecule has 3 aromatic carbocycles. The molecule has 146 valence electrons. The van der Waals surface area contributed by atoms with Crippen molar-refractivity contribution in [1.82, 2.24) is 10.2 Å². The van der Waals surface area contributed by atoms with Crippen molar-refractivity contribution in [1.29, 1.82) is 0 Å². The Labute approximate surface area is 173 Å². The first-order chi connectivity index (χ1) is 14.0. The molecule has 5 nitrogen and oxygen atoms in total. The molecule has 5 rings (SSSR count). The lowest BCUT2D eigenvalue weighted by molar-refractivity contribution is 0.0640. The highest BCUT2D eigenvalue weighted by atomic mass is 35.5. The summed E-state index contributed by atoms with van der Waals surface area (Å²) in [6.07, 6.45) is 1.26. The monoisotopic (exact) mass is 405 g/mol. The van der Waals surface area contributed by atoms with Crippen LogP contribution in [0.15, 0.2) is 60.7 Å². The van der Waals surface area contributed by atoms with Crippen molar-refractivity contribution in [3.05, 3.63) is 76.8 Å². The lowest BCUT2D eigenvalue weighted by atomic mass is 9.92. The van der Waals surface area contributed by atoms with Crippen molar-refractivity contribution < 1.29 is 9.59 Å². The zero-order chi connectivity index (χ0) is 20.0. The van der Waals surface area contributed by atoms with Crippen molar-refractivity contribution in [2.24, 2.45) is 0 Å². The maximum atomic E-state index is 13.0. The molecule has 29 heavy (non-hydrogen) atoms. The molecule has 6 heteroatoms. The van der Waals surface area contributed by atoms with Crippen molar-refractivity contribution in [2.45, 2.75) is 18.5 Å². The van der Waals surface area contributed by atoms with Crippen molar-refractivity contribution in [3.63, 3.8) is 0 Å². The number of nitrogens with one attached hydrogen (secondary N) is 2. The summed E-state index contributed by atoms with van der Waals surface area (Å²) in [5.41, 5.74) is 1.37. The number of halogens is 1. The van der Waals surface area contributed by atoms with Crippen molar-refractivity contribution in [3.8, 4) is 0 Å². The van der Waals surface area contributed by atoms with Gasteiger partial charge >= 0.3 is 0 Å². The van der Waals surface area contributed by atoms with E-state index in [0.29, 0.717) is 42.1 Å². The van der Waals surface area contributed by atoms with Gasteiger partial charge in [0.2, 0.25) is 0 Å². The van der Waals surface area contributed by atoms with Gasteiger partial charge in [-0.2, -0.15) is 0 Å². The van der Waals surface area contributed by atoms with E-state index < -0.39 is 5.66 Å². The van der Waals surface area contributed by atoms with Crippen molar-refractivity contribution >= 4 is 39.9 Å². The maximum Gasteiger partial charge on any atom is 0.256 e. The second-order valence-corrected chi connectivity index (χ2v) is 8.08. The molecule has 2 aliphatic heterocycles. The summed E-state index contributed by atoms with van der Waals surface area (Å²) >= 11 is 6.18. The fraction of sp³-hybridized carbons (Fsp3) is 0.217. The molecule has 0 aliphatic carbocycles. The van der Waals surface area contributed by atoms with Crippen LogP contribution in [0.3, 0.4) is 0 Å². The molecule has 1 fully saturated rings. The normalized spacial score (nSPS) is 17.6. The first-order valence-electron chi connectivity index (χ1n) is 9.72. The molecular formula is C23H20ClN3O2. The average Bonchev–Trinajstić information content (AvgIpc) is 2.73. The standard InChI is InChI=1S/C23H20ClN3O2/c24-18-6-3-7-19-20(18)21(28)26-23(25-19)10-12-27(13-11-23)22(29)17-9-8-15-4-1-2-5-16(15)14-17/h1-9,14,25H,10-13H2,(H,26,28). The fourth-order valence-corrected chi connectivity index (χ4v) is 4.53. The summed E-state index contributed by atoms with van der Waals surface area (Å²) in [6, 6.07) is 19.2. The Morgan fingerprint density at radius 3 is 2.48 bits per heavy atom. The summed E-state index contributed by atoms with van der Waals surface area (Å²) in [5, 5.41) is 9.14. The van der Waals surface area contributed by atoms with Crippen LogP contribution in [0.2, 0.25) is 5.02 Å². The minimum atomic E-state index is -0.547. The number of hydrogen-bond acceptors (Lipinski definition) is 3. The number of benzene rings is 3. The first-order valence-corrected chi connectivity index (χ1v) is 10.1. The van der Waals surface area contributed by atoms with Gasteiger partial charge in [-0.1, -0.05) is 48.0 Å². The van der Waals surface area contributed by atoms with E-state index in [4.69, 9.17) is 11.6 Å². The Bertz CT molecular complexity index is 1140. The van der Waals surface area contributed by atoms with Gasteiger partial charge in [0.05, 0.1) is 16.3 Å². The Balaban J connectivity index is 1.33. The van der Waals surface area contributed by atoms with Gasteiger partial charge in [-0.3, -0.25) is 9.59 Å². The van der Waals surface area contributed by atoms with Crippen LogP contribution in [0.1, 0.15) is 33.6 Å². The number of carbonyl (C=O) groups excluding carboxylic acids is 2. The summed E-state index contributed by atoms with van der Waals surface area (Å²) in [5.74, 6) is -0.144. The summed E-state index contributed by atoms with van der Waals surface area (Å²) in [4.78, 5) is 27.5. The van der Waals surface area contributed by atoms with Gasteiger partial charge in [-0.05, 0) is 35.0 Å². The number of fused-ring (bicyclic) bond motifs is 2. The molecule has 0 unspecified atom stereocenters. The molecule has 3 aromatic rings. The third-order valence-electron chi connectivity index (χ3n) is 5.87. The van der Waals surface area contributed by atoms with Gasteiger partial charge < -0.3 is 15.5 Å². The van der Waals surface area contributed by atoms with Gasteiger partial charge in [0.15, 0.2) is 0 Å². The van der Waals surface area contributed by atoms with E-state index in [1.54, 1.807) is 6.07 Å². The fourth-order valence-electron chi connectivity index (χ4n) is 4.27. The number of nitrogens with zero attached hydrogens (tertiary/aromatic N) is 1. The largest absolute Gasteiger partial charge is 0.362 e. The van der Waals surface area contributed by atoms with E-state index in [-0.39, 0.29) is 11.8 Å². The minimum absolute atomic E-state index is 0.0242. The average molecular weight is 406 g/mol. The minimum Gasteiger partial charge on any atom is -0.362 e. The zero-order valence-corrected chi connectivity index (χ0v) is 16.5. The highest BCUT2D eigenvalue weighted by molar-refractivity contribution is 6.34. The quantitative estimate of drug-likeness (QED) is 0.635. The molecule has 2 amide bonds. The predicted molar refractivity (Wildman–Crippen MR) is 114 cm³/mol. The van der Waals surface area contributed by atoms with Gasteiger partial charge in [-0.25, -0.2) is 0 Å². The second kappa shape index (κ2) is 6.78. The SMILES string of the molecule is O=C1NC2(CCN(C(=O)c3ccc4ccccc4c3)CC2)Nc2cccc(Cl)c21. The van der Waals surface area contributed by atoms with Crippen LogP contribution >= 0.6 is 11.6 Å². The Morgan fingerprint density at radius 1 is 0.931 bits per heavy atom. The van der Waals surface area contributed by atoms with E-state index in [1.165, 1.54) is 0 Å². The lowest BCUT2D eigenvalue weighted by Gasteiger charge is -2.46. The second-order valence-electron chi connectivity index (χ2n) is 7.68. The van der Waals surface area contributed by atoms with Gasteiger partial charge in [0, 0.05) is 31.5 Å². The molecule has 1 saturated heterocycles. The number of piperidine rings is 1. The number of amides is 2. The number of anilines is 1. The topological polar surface area (TPSA) is 61.4 Å². The first kappa shape index (κ1) is 18.0. The van der Waals surface area contributed by atoms with Crippen LogP contribution in [-0.4, -0.2) is 35.5 Å². The smallest absolute Gasteiger partial charge is 0.256 e. The Kier molecular flexibility index (Phi) is 4.21. The predicted octanol–water partition coefficient (Wildman–Crippen LogP) is 4.28. The Morgan fingerprint density at radius 2 is 1.69 bits per heavy atom. The molecule has 0 aromatic heterocycles. The lowest BCUT2D eigenvalue weighted by Crippen LogP contribution is -2.62. The van der Waals surface area contributed by atoms with E-state index >= 15 is 0 Å². The summed E-state index contributed by atoms with van der Waals surface area (Å²) in [7, 11) is 0.